The number of carbonyl (C=O) groups excluding carboxylic acids is 3. The standard InChI is InChI=1S/C21H20N2O5S2/c1-3-28-20(26)14-6-8-15(9-7-14)22-21-23(11-10-16-5-4-12-29-16)19(25)17(30-21)13-18(24)27-2/h4-9,12-13H,3,10-11H2,1-2H3/b17-13-,22-21?. The molecule has 7 nitrogen and oxygen atoms in total. The summed E-state index contributed by atoms with van der Waals surface area (Å²) in [7, 11) is 1.26. The molecule has 0 saturated carbocycles. The molecule has 0 radical (unpaired) electrons. The van der Waals surface area contributed by atoms with Gasteiger partial charge in [-0.3, -0.25) is 9.69 Å². The molecule has 0 bridgehead atoms. The third-order valence-corrected chi connectivity index (χ3v) is 6.05. The lowest BCUT2D eigenvalue weighted by molar-refractivity contribution is -0.135. The van der Waals surface area contributed by atoms with Crippen LogP contribution >= 0.6 is 23.1 Å². The maximum absolute atomic E-state index is 12.8. The number of hydrogen-bond acceptors (Lipinski definition) is 8. The predicted molar refractivity (Wildman–Crippen MR) is 117 cm³/mol. The highest BCUT2D eigenvalue weighted by Crippen LogP contribution is 2.33. The van der Waals surface area contributed by atoms with Gasteiger partial charge in [-0.15, -0.1) is 11.3 Å². The molecule has 1 aliphatic heterocycles. The summed E-state index contributed by atoms with van der Waals surface area (Å²) in [5.74, 6) is -1.28. The number of aliphatic imine (C=N–C) groups is 1. The van der Waals surface area contributed by atoms with Gasteiger partial charge in [0, 0.05) is 17.5 Å². The van der Waals surface area contributed by atoms with Crippen molar-refractivity contribution in [2.45, 2.75) is 13.3 Å². The van der Waals surface area contributed by atoms with Crippen molar-refractivity contribution in [2.75, 3.05) is 20.3 Å². The zero-order chi connectivity index (χ0) is 21.5. The zero-order valence-corrected chi connectivity index (χ0v) is 18.1. The maximum Gasteiger partial charge on any atom is 0.338 e. The molecule has 0 spiro atoms. The van der Waals surface area contributed by atoms with E-state index in [2.05, 4.69) is 9.73 Å². The first kappa shape index (κ1) is 21.8. The number of thioether (sulfide) groups is 1. The minimum Gasteiger partial charge on any atom is -0.466 e. The fraction of sp³-hybridized carbons (Fsp3) is 0.238. The number of carbonyl (C=O) groups is 3. The van der Waals surface area contributed by atoms with Gasteiger partial charge in [-0.25, -0.2) is 14.6 Å². The Hall–Kier alpha value is -2.91. The van der Waals surface area contributed by atoms with Crippen LogP contribution in [0.4, 0.5) is 5.69 Å². The van der Waals surface area contributed by atoms with Gasteiger partial charge >= 0.3 is 11.9 Å². The van der Waals surface area contributed by atoms with Gasteiger partial charge in [0.15, 0.2) is 5.17 Å². The summed E-state index contributed by atoms with van der Waals surface area (Å²) in [6.45, 7) is 2.48. The average molecular weight is 445 g/mol. The van der Waals surface area contributed by atoms with Crippen LogP contribution in [0.15, 0.2) is 57.8 Å². The number of rotatable bonds is 7. The minimum atomic E-state index is -0.593. The number of esters is 2. The molecule has 30 heavy (non-hydrogen) atoms. The molecule has 2 heterocycles. The molecule has 2 aromatic rings. The summed E-state index contributed by atoms with van der Waals surface area (Å²) in [5.41, 5.74) is 1.01. The van der Waals surface area contributed by atoms with Crippen LogP contribution in [0.25, 0.3) is 0 Å². The Morgan fingerprint density at radius 3 is 2.60 bits per heavy atom. The first-order valence-corrected chi connectivity index (χ1v) is 10.9. The van der Waals surface area contributed by atoms with Gasteiger partial charge in [0.05, 0.1) is 29.9 Å². The minimum absolute atomic E-state index is 0.259. The van der Waals surface area contributed by atoms with Gasteiger partial charge in [-0.05, 0) is 60.8 Å². The molecule has 3 rings (SSSR count). The van der Waals surface area contributed by atoms with Gasteiger partial charge in [-0.1, -0.05) is 6.07 Å². The third-order valence-electron chi connectivity index (χ3n) is 4.10. The number of thiophene rings is 1. The smallest absolute Gasteiger partial charge is 0.338 e. The van der Waals surface area contributed by atoms with Gasteiger partial charge in [0.25, 0.3) is 5.91 Å². The van der Waals surface area contributed by atoms with E-state index < -0.39 is 11.9 Å². The number of ether oxygens (including phenoxy) is 2. The second-order valence-electron chi connectivity index (χ2n) is 6.08. The van der Waals surface area contributed by atoms with Gasteiger partial charge in [-0.2, -0.15) is 0 Å². The number of amides is 1. The summed E-state index contributed by atoms with van der Waals surface area (Å²) in [6.07, 6.45) is 1.85. The Kier molecular flexibility index (Phi) is 7.42. The van der Waals surface area contributed by atoms with E-state index in [0.717, 1.165) is 16.6 Å². The highest BCUT2D eigenvalue weighted by molar-refractivity contribution is 8.18. The number of hydrogen-bond donors (Lipinski definition) is 0. The van der Waals surface area contributed by atoms with Crippen LogP contribution in [0.2, 0.25) is 0 Å². The fourth-order valence-corrected chi connectivity index (χ4v) is 4.31. The second-order valence-corrected chi connectivity index (χ2v) is 8.12. The Labute approximate surface area is 182 Å². The Morgan fingerprint density at radius 2 is 1.97 bits per heavy atom. The quantitative estimate of drug-likeness (QED) is 0.477. The molecule has 1 aromatic carbocycles. The molecule has 0 aliphatic carbocycles. The summed E-state index contributed by atoms with van der Waals surface area (Å²) in [5, 5.41) is 2.45. The molecule has 0 N–H and O–H groups in total. The Morgan fingerprint density at radius 1 is 1.20 bits per heavy atom. The van der Waals surface area contributed by atoms with Crippen molar-refractivity contribution in [2.24, 2.45) is 4.99 Å². The van der Waals surface area contributed by atoms with E-state index in [1.165, 1.54) is 13.2 Å². The summed E-state index contributed by atoms with van der Waals surface area (Å²) in [4.78, 5) is 43.8. The summed E-state index contributed by atoms with van der Waals surface area (Å²) < 4.78 is 9.62. The molecule has 1 amide bonds. The lowest BCUT2D eigenvalue weighted by Crippen LogP contribution is -2.31. The van der Waals surface area contributed by atoms with Crippen molar-refractivity contribution in [3.05, 3.63) is 63.2 Å². The van der Waals surface area contributed by atoms with Gasteiger partial charge in [0.1, 0.15) is 0 Å². The third kappa shape index (κ3) is 5.37. The molecule has 0 unspecified atom stereocenters. The Balaban J connectivity index is 1.84. The molecular weight excluding hydrogens is 424 g/mol. The van der Waals surface area contributed by atoms with Gasteiger partial charge < -0.3 is 9.47 Å². The highest BCUT2D eigenvalue weighted by atomic mass is 32.2. The molecular formula is C21H20N2O5S2. The lowest BCUT2D eigenvalue weighted by atomic mass is 10.2. The van der Waals surface area contributed by atoms with Crippen molar-refractivity contribution in [3.63, 3.8) is 0 Å². The van der Waals surface area contributed by atoms with E-state index in [1.807, 2.05) is 17.5 Å². The SMILES string of the molecule is CCOC(=O)c1ccc(N=C2S/C(=C\C(=O)OC)C(=O)N2CCc2cccs2)cc1. The maximum atomic E-state index is 12.8. The van der Waals surface area contributed by atoms with E-state index in [9.17, 15) is 14.4 Å². The van der Waals surface area contributed by atoms with E-state index in [1.54, 1.807) is 47.4 Å². The molecule has 1 aliphatic rings. The second kappa shape index (κ2) is 10.2. The van der Waals surface area contributed by atoms with Crippen molar-refractivity contribution in [1.29, 1.82) is 0 Å². The van der Waals surface area contributed by atoms with E-state index in [4.69, 9.17) is 4.74 Å². The van der Waals surface area contributed by atoms with Crippen LogP contribution in [0.1, 0.15) is 22.2 Å². The van der Waals surface area contributed by atoms with Crippen LogP contribution in [0, 0.1) is 0 Å². The van der Waals surface area contributed by atoms with Gasteiger partial charge in [0.2, 0.25) is 0 Å². The van der Waals surface area contributed by atoms with Crippen molar-refractivity contribution in [1.82, 2.24) is 4.90 Å². The first-order chi connectivity index (χ1) is 14.5. The van der Waals surface area contributed by atoms with Crippen LogP contribution < -0.4 is 0 Å². The molecule has 1 fully saturated rings. The average Bonchev–Trinajstić information content (AvgIpc) is 3.36. The number of amidine groups is 1. The zero-order valence-electron chi connectivity index (χ0n) is 16.5. The van der Waals surface area contributed by atoms with Crippen molar-refractivity contribution >= 4 is 51.8 Å². The molecule has 1 aromatic heterocycles. The summed E-state index contributed by atoms with van der Waals surface area (Å²) in [6, 6.07) is 10.6. The van der Waals surface area contributed by atoms with Crippen LogP contribution in [-0.2, 0) is 25.5 Å². The topological polar surface area (TPSA) is 85.3 Å². The largest absolute Gasteiger partial charge is 0.466 e. The fourth-order valence-electron chi connectivity index (χ4n) is 2.63. The number of benzene rings is 1. The Bertz CT molecular complexity index is 981. The normalized spacial score (nSPS) is 16.3. The van der Waals surface area contributed by atoms with E-state index in [0.29, 0.717) is 36.0 Å². The molecule has 1 saturated heterocycles. The van der Waals surface area contributed by atoms with E-state index in [-0.39, 0.29) is 10.8 Å². The first-order valence-electron chi connectivity index (χ1n) is 9.19. The van der Waals surface area contributed by atoms with Crippen LogP contribution in [-0.4, -0.2) is 48.2 Å². The lowest BCUT2D eigenvalue weighted by Gasteiger charge is -2.15. The predicted octanol–water partition coefficient (Wildman–Crippen LogP) is 3.79. The monoisotopic (exact) mass is 444 g/mol. The molecule has 156 valence electrons. The molecule has 0 atom stereocenters. The summed E-state index contributed by atoms with van der Waals surface area (Å²) >= 11 is 2.74. The van der Waals surface area contributed by atoms with Crippen molar-refractivity contribution in [3.8, 4) is 0 Å². The van der Waals surface area contributed by atoms with E-state index >= 15 is 0 Å². The van der Waals surface area contributed by atoms with Crippen LogP contribution in [0.5, 0.6) is 0 Å². The van der Waals surface area contributed by atoms with Crippen LogP contribution in [0.3, 0.4) is 0 Å². The van der Waals surface area contributed by atoms with Crippen molar-refractivity contribution < 1.29 is 23.9 Å². The number of methoxy groups -OCH3 is 1. The molecule has 9 heteroatoms. The highest BCUT2D eigenvalue weighted by Gasteiger charge is 2.34. The number of nitrogens with zero attached hydrogens (tertiary/aromatic N) is 2.